The zero-order valence-corrected chi connectivity index (χ0v) is 25.5. The van der Waals surface area contributed by atoms with Crippen LogP contribution < -0.4 is 4.74 Å². The Balaban J connectivity index is 1.28. The highest BCUT2D eigenvalue weighted by molar-refractivity contribution is 5.99. The van der Waals surface area contributed by atoms with Gasteiger partial charge in [-0.15, -0.1) is 0 Å². The molecule has 1 aliphatic carbocycles. The Bertz CT molecular complexity index is 2330. The molecule has 0 saturated carbocycles. The second kappa shape index (κ2) is 11.3. The fourth-order valence-electron chi connectivity index (χ4n) is 6.81. The molecule has 0 amide bonds. The molecule has 2 atom stereocenters. The van der Waals surface area contributed by atoms with Gasteiger partial charge in [-0.2, -0.15) is 0 Å². The number of benzene rings is 6. The standard InChI is InChI=1S/C43H29N3O/c1-3-11-28(12-4-1)30-19-22-31(23-20-30)35-25-26-38-39(36-17-9-10-18-37(36)47-38)40(35)43-45-41(32-14-5-2-6-15-32)44-42(46-43)34-24-21-29-13-7-8-16-33(29)27-34/h1-27,38-39H. The van der Waals surface area contributed by atoms with E-state index >= 15 is 0 Å². The lowest BCUT2D eigenvalue weighted by atomic mass is 9.79. The maximum Gasteiger partial charge on any atom is 0.164 e. The van der Waals surface area contributed by atoms with Crippen molar-refractivity contribution in [3.63, 3.8) is 0 Å². The van der Waals surface area contributed by atoms with Crippen LogP contribution in [0.3, 0.4) is 0 Å². The first-order valence-corrected chi connectivity index (χ1v) is 15.9. The van der Waals surface area contributed by atoms with Gasteiger partial charge in [0.05, 0.1) is 5.92 Å². The Hall–Kier alpha value is -6.13. The summed E-state index contributed by atoms with van der Waals surface area (Å²) in [7, 11) is 0. The minimum atomic E-state index is -0.157. The zero-order valence-electron chi connectivity index (χ0n) is 25.5. The van der Waals surface area contributed by atoms with Crippen LogP contribution in [0.4, 0.5) is 0 Å². The van der Waals surface area contributed by atoms with Crippen molar-refractivity contribution >= 4 is 21.9 Å². The Morgan fingerprint density at radius 1 is 0.447 bits per heavy atom. The van der Waals surface area contributed by atoms with Gasteiger partial charge in [-0.05, 0) is 51.2 Å². The third-order valence-electron chi connectivity index (χ3n) is 9.12. The van der Waals surface area contributed by atoms with E-state index in [4.69, 9.17) is 19.7 Å². The summed E-state index contributed by atoms with van der Waals surface area (Å²) in [4.78, 5) is 15.5. The number of aromatic nitrogens is 3. The molecule has 9 rings (SSSR count). The molecule has 0 N–H and O–H groups in total. The van der Waals surface area contributed by atoms with E-state index in [-0.39, 0.29) is 12.0 Å². The Labute approximate surface area is 273 Å². The number of para-hydroxylation sites is 1. The number of nitrogens with zero attached hydrogens (tertiary/aromatic N) is 3. The van der Waals surface area contributed by atoms with Crippen molar-refractivity contribution in [3.05, 3.63) is 181 Å². The van der Waals surface area contributed by atoms with Crippen LogP contribution in [0.2, 0.25) is 0 Å². The van der Waals surface area contributed by atoms with Crippen molar-refractivity contribution in [3.8, 4) is 39.7 Å². The largest absolute Gasteiger partial charge is 0.485 e. The van der Waals surface area contributed by atoms with E-state index in [9.17, 15) is 0 Å². The predicted octanol–water partition coefficient (Wildman–Crippen LogP) is 10.1. The molecule has 4 heteroatoms. The van der Waals surface area contributed by atoms with Crippen LogP contribution in [-0.2, 0) is 0 Å². The van der Waals surface area contributed by atoms with Crippen LogP contribution in [0.1, 0.15) is 22.9 Å². The summed E-state index contributed by atoms with van der Waals surface area (Å²) in [6, 6.07) is 52.5. The van der Waals surface area contributed by atoms with Crippen LogP contribution >= 0.6 is 0 Å². The number of hydrogen-bond donors (Lipinski definition) is 0. The highest BCUT2D eigenvalue weighted by Gasteiger charge is 2.40. The monoisotopic (exact) mass is 603 g/mol. The second-order valence-corrected chi connectivity index (χ2v) is 12.0. The first-order chi connectivity index (χ1) is 23.3. The average Bonchev–Trinajstić information content (AvgIpc) is 3.54. The van der Waals surface area contributed by atoms with Crippen molar-refractivity contribution in [2.24, 2.45) is 0 Å². The molecule has 2 aliphatic rings. The van der Waals surface area contributed by atoms with E-state index in [1.54, 1.807) is 0 Å². The molecule has 0 saturated heterocycles. The van der Waals surface area contributed by atoms with Gasteiger partial charge in [0, 0.05) is 22.3 Å². The fraction of sp³-hybridized carbons (Fsp3) is 0.0465. The van der Waals surface area contributed by atoms with Gasteiger partial charge in [0.2, 0.25) is 0 Å². The van der Waals surface area contributed by atoms with Gasteiger partial charge in [0.1, 0.15) is 11.9 Å². The van der Waals surface area contributed by atoms with Gasteiger partial charge in [-0.3, -0.25) is 0 Å². The van der Waals surface area contributed by atoms with Crippen molar-refractivity contribution in [2.75, 3.05) is 0 Å². The quantitative estimate of drug-likeness (QED) is 0.196. The SMILES string of the molecule is C1=CC2Oc3ccccc3C2C(c2nc(-c3ccccc3)nc(-c3ccc4ccccc4c3)n2)=C1c1ccc(-c2ccccc2)cc1. The number of allylic oxidation sites excluding steroid dienone is 2. The van der Waals surface area contributed by atoms with Gasteiger partial charge < -0.3 is 4.74 Å². The summed E-state index contributed by atoms with van der Waals surface area (Å²) < 4.78 is 6.51. The van der Waals surface area contributed by atoms with Crippen molar-refractivity contribution in [1.29, 1.82) is 0 Å². The molecule has 4 nitrogen and oxygen atoms in total. The van der Waals surface area contributed by atoms with E-state index < -0.39 is 0 Å². The van der Waals surface area contributed by atoms with Crippen molar-refractivity contribution in [2.45, 2.75) is 12.0 Å². The molecule has 1 aliphatic heterocycles. The molecule has 6 aromatic carbocycles. The number of ether oxygens (including phenoxy) is 1. The summed E-state index contributed by atoms with van der Waals surface area (Å²) in [6.45, 7) is 0. The first-order valence-electron chi connectivity index (χ1n) is 15.9. The van der Waals surface area contributed by atoms with Crippen molar-refractivity contribution < 1.29 is 4.74 Å². The maximum atomic E-state index is 6.51. The lowest BCUT2D eigenvalue weighted by Gasteiger charge is -2.26. The molecule has 1 aromatic heterocycles. The molecule has 7 aromatic rings. The van der Waals surface area contributed by atoms with Gasteiger partial charge in [-0.1, -0.05) is 146 Å². The molecular weight excluding hydrogens is 574 g/mol. The molecule has 2 unspecified atom stereocenters. The first kappa shape index (κ1) is 27.2. The van der Waals surface area contributed by atoms with Crippen LogP contribution in [0.25, 0.3) is 55.8 Å². The molecule has 2 heterocycles. The topological polar surface area (TPSA) is 47.9 Å². The molecule has 47 heavy (non-hydrogen) atoms. The average molecular weight is 604 g/mol. The molecule has 0 fully saturated rings. The third-order valence-corrected chi connectivity index (χ3v) is 9.12. The van der Waals surface area contributed by atoms with E-state index in [0.29, 0.717) is 17.5 Å². The Morgan fingerprint density at radius 3 is 1.81 bits per heavy atom. The third kappa shape index (κ3) is 4.91. The van der Waals surface area contributed by atoms with Gasteiger partial charge >= 0.3 is 0 Å². The van der Waals surface area contributed by atoms with Gasteiger partial charge in [0.25, 0.3) is 0 Å². The van der Waals surface area contributed by atoms with Crippen LogP contribution in [-0.4, -0.2) is 21.1 Å². The highest BCUT2D eigenvalue weighted by Crippen LogP contribution is 2.51. The summed E-state index contributed by atoms with van der Waals surface area (Å²) in [5, 5.41) is 2.32. The summed E-state index contributed by atoms with van der Waals surface area (Å²) in [5.74, 6) is 2.77. The molecule has 0 radical (unpaired) electrons. The van der Waals surface area contributed by atoms with E-state index in [0.717, 1.165) is 44.5 Å². The van der Waals surface area contributed by atoms with Crippen LogP contribution in [0, 0.1) is 0 Å². The van der Waals surface area contributed by atoms with E-state index in [2.05, 4.69) is 133 Å². The van der Waals surface area contributed by atoms with E-state index in [1.807, 2.05) is 30.3 Å². The Kier molecular flexibility index (Phi) is 6.57. The second-order valence-electron chi connectivity index (χ2n) is 12.0. The summed E-state index contributed by atoms with van der Waals surface area (Å²) >= 11 is 0. The molecule has 0 bridgehead atoms. The lowest BCUT2D eigenvalue weighted by molar-refractivity contribution is 0.271. The van der Waals surface area contributed by atoms with Gasteiger partial charge in [0.15, 0.2) is 17.5 Å². The minimum Gasteiger partial charge on any atom is -0.485 e. The zero-order chi connectivity index (χ0) is 31.2. The summed E-state index contributed by atoms with van der Waals surface area (Å²) in [6.07, 6.45) is 4.20. The van der Waals surface area contributed by atoms with Gasteiger partial charge in [-0.25, -0.2) is 15.0 Å². The predicted molar refractivity (Wildman–Crippen MR) is 190 cm³/mol. The van der Waals surface area contributed by atoms with E-state index in [1.165, 1.54) is 16.5 Å². The molecule has 0 spiro atoms. The van der Waals surface area contributed by atoms with Crippen molar-refractivity contribution in [1.82, 2.24) is 15.0 Å². The molecule has 222 valence electrons. The number of fused-ring (bicyclic) bond motifs is 4. The van der Waals surface area contributed by atoms with Crippen LogP contribution in [0.5, 0.6) is 5.75 Å². The Morgan fingerprint density at radius 2 is 1.02 bits per heavy atom. The fourth-order valence-corrected chi connectivity index (χ4v) is 6.81. The lowest BCUT2D eigenvalue weighted by Crippen LogP contribution is -2.22. The molecular formula is C43H29N3O. The van der Waals surface area contributed by atoms with Crippen LogP contribution in [0.15, 0.2) is 164 Å². The number of hydrogen-bond acceptors (Lipinski definition) is 4. The summed E-state index contributed by atoms with van der Waals surface area (Å²) in [5.41, 5.74) is 8.63. The normalized spacial score (nSPS) is 16.5. The highest BCUT2D eigenvalue weighted by atomic mass is 16.5. The maximum absolute atomic E-state index is 6.51. The minimum absolute atomic E-state index is 0.0736. The number of rotatable bonds is 5. The smallest absolute Gasteiger partial charge is 0.164 e.